The maximum absolute atomic E-state index is 11.2. The topological polar surface area (TPSA) is 65.1 Å². The van der Waals surface area contributed by atoms with E-state index in [1.807, 2.05) is 32.0 Å². The maximum atomic E-state index is 11.2. The molecule has 1 unspecified atom stereocenters. The van der Waals surface area contributed by atoms with Gasteiger partial charge in [-0.25, -0.2) is 9.97 Å². The van der Waals surface area contributed by atoms with Crippen LogP contribution < -0.4 is 4.74 Å². The fourth-order valence-electron chi connectivity index (χ4n) is 3.85. The van der Waals surface area contributed by atoms with E-state index in [1.54, 1.807) is 19.2 Å². The van der Waals surface area contributed by atoms with E-state index in [0.717, 1.165) is 28.6 Å². The molecule has 0 saturated carbocycles. The Kier molecular flexibility index (Phi) is 5.18. The molecule has 6 heteroatoms. The molecule has 0 aliphatic heterocycles. The summed E-state index contributed by atoms with van der Waals surface area (Å²) in [6.07, 6.45) is -0.940. The summed E-state index contributed by atoms with van der Waals surface area (Å²) in [5.74, 6) is 1.97. The van der Waals surface area contributed by atoms with Crippen LogP contribution in [-0.4, -0.2) is 31.3 Å². The van der Waals surface area contributed by atoms with E-state index in [9.17, 15) is 5.11 Å². The molecule has 0 aromatic carbocycles. The zero-order chi connectivity index (χ0) is 21.4. The number of hydrogen-bond acceptors (Lipinski definition) is 4. The number of methoxy groups -OCH3 is 1. The molecule has 154 valence electrons. The summed E-state index contributed by atoms with van der Waals surface area (Å²) < 4.78 is 9.40. The molecule has 0 radical (unpaired) electrons. The van der Waals surface area contributed by atoms with Crippen LogP contribution >= 0.6 is 0 Å². The monoisotopic (exact) mass is 402 g/mol. The first-order valence-corrected chi connectivity index (χ1v) is 9.91. The molecule has 4 aromatic rings. The molecule has 6 nitrogen and oxygen atoms in total. The number of ether oxygens (including phenoxy) is 1. The largest absolute Gasteiger partial charge is 0.481 e. The SMILES string of the molecule is COc1cccc(C(O)c2ccc(-n3c(C)ccc3C)nc2-n2c(C)ccc2C)n1. The molecule has 4 heterocycles. The first kappa shape index (κ1) is 19.9. The molecule has 0 amide bonds. The predicted octanol–water partition coefficient (Wildman–Crippen LogP) is 4.38. The van der Waals surface area contributed by atoms with Crippen LogP contribution in [0.5, 0.6) is 5.88 Å². The highest BCUT2D eigenvalue weighted by atomic mass is 16.5. The van der Waals surface area contributed by atoms with Crippen LogP contribution in [0.25, 0.3) is 11.6 Å². The van der Waals surface area contributed by atoms with E-state index in [2.05, 4.69) is 52.2 Å². The van der Waals surface area contributed by atoms with E-state index in [-0.39, 0.29) is 0 Å². The van der Waals surface area contributed by atoms with E-state index in [1.165, 1.54) is 0 Å². The highest BCUT2D eigenvalue weighted by Crippen LogP contribution is 2.30. The van der Waals surface area contributed by atoms with E-state index in [0.29, 0.717) is 23.0 Å². The average Bonchev–Trinajstić information content (AvgIpc) is 3.27. The lowest BCUT2D eigenvalue weighted by Gasteiger charge is -2.20. The molecule has 1 N–H and O–H groups in total. The van der Waals surface area contributed by atoms with Gasteiger partial charge in [0.05, 0.1) is 12.8 Å². The number of aromatic nitrogens is 4. The van der Waals surface area contributed by atoms with Crippen molar-refractivity contribution in [3.05, 3.63) is 88.6 Å². The smallest absolute Gasteiger partial charge is 0.213 e. The zero-order valence-corrected chi connectivity index (χ0v) is 17.9. The molecule has 30 heavy (non-hydrogen) atoms. The van der Waals surface area contributed by atoms with Crippen molar-refractivity contribution in [1.29, 1.82) is 0 Å². The molecule has 0 aliphatic rings. The number of aryl methyl sites for hydroxylation is 4. The van der Waals surface area contributed by atoms with Crippen molar-refractivity contribution in [2.45, 2.75) is 33.8 Å². The Morgan fingerprint density at radius 3 is 1.97 bits per heavy atom. The van der Waals surface area contributed by atoms with Crippen LogP contribution in [0.15, 0.2) is 54.6 Å². The number of nitrogens with zero attached hydrogens (tertiary/aromatic N) is 4. The standard InChI is InChI=1S/C24H26N4O2/c1-15-9-10-16(2)27(15)21-14-13-19(23(29)20-7-6-8-22(25-20)30-5)24(26-21)28-17(3)11-12-18(28)4/h6-14,23,29H,1-5H3. The minimum absolute atomic E-state index is 0.463. The summed E-state index contributed by atoms with van der Waals surface area (Å²) in [7, 11) is 1.56. The van der Waals surface area contributed by atoms with Crippen LogP contribution in [0.2, 0.25) is 0 Å². The fourth-order valence-corrected chi connectivity index (χ4v) is 3.85. The molecule has 0 aliphatic carbocycles. The Bertz CT molecular complexity index is 1170. The van der Waals surface area contributed by atoms with Gasteiger partial charge in [-0.2, -0.15) is 0 Å². The second kappa shape index (κ2) is 7.80. The van der Waals surface area contributed by atoms with Crippen molar-refractivity contribution in [2.75, 3.05) is 7.11 Å². The highest BCUT2D eigenvalue weighted by molar-refractivity contribution is 5.47. The van der Waals surface area contributed by atoms with Crippen LogP contribution in [-0.2, 0) is 0 Å². The Morgan fingerprint density at radius 1 is 0.767 bits per heavy atom. The number of hydrogen-bond donors (Lipinski definition) is 1. The Labute approximate surface area is 176 Å². The molecular formula is C24H26N4O2. The maximum Gasteiger partial charge on any atom is 0.213 e. The number of aliphatic hydroxyl groups excluding tert-OH is 1. The summed E-state index contributed by atoms with van der Waals surface area (Å²) in [6, 6.07) is 17.5. The van der Waals surface area contributed by atoms with Gasteiger partial charge in [-0.15, -0.1) is 0 Å². The van der Waals surface area contributed by atoms with Gasteiger partial charge < -0.3 is 19.0 Å². The van der Waals surface area contributed by atoms with Gasteiger partial charge in [0.15, 0.2) is 0 Å². The minimum Gasteiger partial charge on any atom is -0.481 e. The van der Waals surface area contributed by atoms with Gasteiger partial charge in [0.1, 0.15) is 17.7 Å². The predicted molar refractivity (Wildman–Crippen MR) is 117 cm³/mol. The van der Waals surface area contributed by atoms with E-state index in [4.69, 9.17) is 9.72 Å². The summed E-state index contributed by atoms with van der Waals surface area (Å²) in [5.41, 5.74) is 5.50. The molecule has 1 atom stereocenters. The molecular weight excluding hydrogens is 376 g/mol. The summed E-state index contributed by atoms with van der Waals surface area (Å²) in [4.78, 5) is 9.42. The zero-order valence-electron chi connectivity index (χ0n) is 17.9. The summed E-state index contributed by atoms with van der Waals surface area (Å²) in [6.45, 7) is 8.19. The lowest BCUT2D eigenvalue weighted by molar-refractivity contribution is 0.213. The van der Waals surface area contributed by atoms with Crippen LogP contribution in [0.4, 0.5) is 0 Å². The van der Waals surface area contributed by atoms with Gasteiger partial charge in [0.25, 0.3) is 0 Å². The Morgan fingerprint density at radius 2 is 1.37 bits per heavy atom. The highest BCUT2D eigenvalue weighted by Gasteiger charge is 2.22. The van der Waals surface area contributed by atoms with Crippen molar-refractivity contribution < 1.29 is 9.84 Å². The van der Waals surface area contributed by atoms with Gasteiger partial charge in [0.2, 0.25) is 5.88 Å². The van der Waals surface area contributed by atoms with Crippen LogP contribution in [0.3, 0.4) is 0 Å². The number of aliphatic hydroxyl groups is 1. The van der Waals surface area contributed by atoms with Gasteiger partial charge in [-0.3, -0.25) is 0 Å². The minimum atomic E-state index is -0.940. The molecule has 0 saturated heterocycles. The quantitative estimate of drug-likeness (QED) is 0.538. The van der Waals surface area contributed by atoms with Crippen molar-refractivity contribution in [3.63, 3.8) is 0 Å². The third-order valence-electron chi connectivity index (χ3n) is 5.40. The first-order chi connectivity index (χ1) is 14.4. The second-order valence-corrected chi connectivity index (χ2v) is 7.49. The molecule has 0 bridgehead atoms. The Balaban J connectivity index is 1.92. The third-order valence-corrected chi connectivity index (χ3v) is 5.40. The molecule has 4 rings (SSSR count). The van der Waals surface area contributed by atoms with Gasteiger partial charge in [-0.1, -0.05) is 6.07 Å². The van der Waals surface area contributed by atoms with E-state index < -0.39 is 6.10 Å². The van der Waals surface area contributed by atoms with Crippen LogP contribution in [0.1, 0.15) is 40.1 Å². The summed E-state index contributed by atoms with van der Waals surface area (Å²) in [5, 5.41) is 11.2. The fraction of sp³-hybridized carbons (Fsp3) is 0.250. The van der Waals surface area contributed by atoms with Crippen LogP contribution in [0, 0.1) is 27.7 Å². The average molecular weight is 402 g/mol. The van der Waals surface area contributed by atoms with Crippen molar-refractivity contribution in [2.24, 2.45) is 0 Å². The van der Waals surface area contributed by atoms with Gasteiger partial charge >= 0.3 is 0 Å². The number of rotatable bonds is 5. The van der Waals surface area contributed by atoms with Crippen molar-refractivity contribution in [3.8, 4) is 17.5 Å². The van der Waals surface area contributed by atoms with E-state index >= 15 is 0 Å². The lowest BCUT2D eigenvalue weighted by atomic mass is 10.1. The molecule has 4 aromatic heterocycles. The molecule has 0 fully saturated rings. The molecule has 0 spiro atoms. The lowest BCUT2D eigenvalue weighted by Crippen LogP contribution is -2.14. The van der Waals surface area contributed by atoms with Crippen molar-refractivity contribution >= 4 is 0 Å². The number of pyridine rings is 2. The van der Waals surface area contributed by atoms with Crippen molar-refractivity contribution in [1.82, 2.24) is 19.1 Å². The third kappa shape index (κ3) is 3.39. The second-order valence-electron chi connectivity index (χ2n) is 7.49. The normalized spacial score (nSPS) is 12.2. The summed E-state index contributed by atoms with van der Waals surface area (Å²) >= 11 is 0. The van der Waals surface area contributed by atoms with Gasteiger partial charge in [0, 0.05) is 34.4 Å². The first-order valence-electron chi connectivity index (χ1n) is 9.91. The van der Waals surface area contributed by atoms with Gasteiger partial charge in [-0.05, 0) is 70.2 Å². The Hall–Kier alpha value is -3.38.